The van der Waals surface area contributed by atoms with Crippen LogP contribution in [-0.2, 0) is 4.79 Å². The second-order valence-electron chi connectivity index (χ2n) is 4.86. The number of nitrogens with one attached hydrogen (secondary N) is 1. The highest BCUT2D eigenvalue weighted by atomic mass is 16.1. The van der Waals surface area contributed by atoms with Gasteiger partial charge in [0.25, 0.3) is 0 Å². The van der Waals surface area contributed by atoms with Crippen LogP contribution in [0, 0.1) is 5.92 Å². The number of nitrogens with two attached hydrogens (primary N) is 1. The highest BCUT2D eigenvalue weighted by molar-refractivity contribution is 5.76. The van der Waals surface area contributed by atoms with Crippen molar-refractivity contribution in [2.75, 3.05) is 6.54 Å². The van der Waals surface area contributed by atoms with Crippen LogP contribution in [0.2, 0.25) is 0 Å². The molecule has 0 aromatic heterocycles. The summed E-state index contributed by atoms with van der Waals surface area (Å²) in [4.78, 5) is 11.4. The maximum Gasteiger partial charge on any atom is 0.220 e. The maximum absolute atomic E-state index is 11.4. The molecule has 1 unspecified atom stereocenters. The first-order valence-corrected chi connectivity index (χ1v) is 5.40. The van der Waals surface area contributed by atoms with Gasteiger partial charge >= 0.3 is 0 Å². The Hall–Kier alpha value is -0.570. The average molecular weight is 200 g/mol. The monoisotopic (exact) mass is 200 g/mol. The van der Waals surface area contributed by atoms with Gasteiger partial charge in [0.15, 0.2) is 0 Å². The molecular weight excluding hydrogens is 176 g/mol. The SMILES string of the molecule is CCCC(C)CC(=O)NCC(C)(C)N. The number of carbonyl (C=O) groups is 1. The fourth-order valence-corrected chi connectivity index (χ4v) is 1.31. The Morgan fingerprint density at radius 3 is 2.50 bits per heavy atom. The van der Waals surface area contributed by atoms with Crippen LogP contribution in [0.1, 0.15) is 47.0 Å². The summed E-state index contributed by atoms with van der Waals surface area (Å²) in [6.07, 6.45) is 2.86. The van der Waals surface area contributed by atoms with Gasteiger partial charge in [0.05, 0.1) is 0 Å². The van der Waals surface area contributed by atoms with Crippen molar-refractivity contribution < 1.29 is 4.79 Å². The van der Waals surface area contributed by atoms with Crippen molar-refractivity contribution >= 4 is 5.91 Å². The topological polar surface area (TPSA) is 55.1 Å². The van der Waals surface area contributed by atoms with Gasteiger partial charge in [-0.05, 0) is 19.8 Å². The lowest BCUT2D eigenvalue weighted by atomic mass is 10.0. The van der Waals surface area contributed by atoms with Gasteiger partial charge < -0.3 is 11.1 Å². The van der Waals surface area contributed by atoms with Crippen LogP contribution in [0.3, 0.4) is 0 Å². The molecule has 0 saturated heterocycles. The van der Waals surface area contributed by atoms with E-state index in [0.717, 1.165) is 12.8 Å². The van der Waals surface area contributed by atoms with Crippen LogP contribution in [0.4, 0.5) is 0 Å². The van der Waals surface area contributed by atoms with E-state index in [2.05, 4.69) is 19.2 Å². The standard InChI is InChI=1S/C11H24N2O/c1-5-6-9(2)7-10(14)13-8-11(3,4)12/h9H,5-8,12H2,1-4H3,(H,13,14). The largest absolute Gasteiger partial charge is 0.354 e. The third-order valence-corrected chi connectivity index (χ3v) is 2.06. The van der Waals surface area contributed by atoms with E-state index in [0.29, 0.717) is 18.9 Å². The molecule has 0 fully saturated rings. The zero-order valence-electron chi connectivity index (χ0n) is 9.89. The van der Waals surface area contributed by atoms with Gasteiger partial charge in [-0.25, -0.2) is 0 Å². The molecule has 84 valence electrons. The van der Waals surface area contributed by atoms with E-state index in [-0.39, 0.29) is 11.4 Å². The van der Waals surface area contributed by atoms with Crippen molar-refractivity contribution in [3.05, 3.63) is 0 Å². The quantitative estimate of drug-likeness (QED) is 0.685. The number of carbonyl (C=O) groups excluding carboxylic acids is 1. The van der Waals surface area contributed by atoms with Gasteiger partial charge in [-0.1, -0.05) is 26.7 Å². The molecule has 3 heteroatoms. The summed E-state index contributed by atoms with van der Waals surface area (Å²) >= 11 is 0. The number of amides is 1. The second kappa shape index (κ2) is 6.02. The third-order valence-electron chi connectivity index (χ3n) is 2.06. The fraction of sp³-hybridized carbons (Fsp3) is 0.909. The predicted octanol–water partition coefficient (Wildman–Crippen LogP) is 1.67. The van der Waals surface area contributed by atoms with Gasteiger partial charge in [0.1, 0.15) is 0 Å². The zero-order chi connectivity index (χ0) is 11.2. The molecular formula is C11H24N2O. The van der Waals surface area contributed by atoms with Crippen molar-refractivity contribution in [1.29, 1.82) is 0 Å². The number of hydrogen-bond donors (Lipinski definition) is 2. The Labute approximate surface area is 87.4 Å². The van der Waals surface area contributed by atoms with Crippen LogP contribution in [0.5, 0.6) is 0 Å². The van der Waals surface area contributed by atoms with Gasteiger partial charge in [-0.3, -0.25) is 4.79 Å². The van der Waals surface area contributed by atoms with Crippen molar-refractivity contribution in [3.8, 4) is 0 Å². The van der Waals surface area contributed by atoms with E-state index in [1.165, 1.54) is 0 Å². The highest BCUT2D eigenvalue weighted by Gasteiger charge is 2.13. The zero-order valence-corrected chi connectivity index (χ0v) is 9.89. The molecule has 0 aliphatic rings. The van der Waals surface area contributed by atoms with Crippen molar-refractivity contribution in [1.82, 2.24) is 5.32 Å². The Morgan fingerprint density at radius 1 is 1.50 bits per heavy atom. The molecule has 1 amide bonds. The minimum atomic E-state index is -0.316. The number of hydrogen-bond acceptors (Lipinski definition) is 2. The minimum absolute atomic E-state index is 0.115. The van der Waals surface area contributed by atoms with Crippen molar-refractivity contribution in [2.45, 2.75) is 52.5 Å². The maximum atomic E-state index is 11.4. The van der Waals surface area contributed by atoms with E-state index >= 15 is 0 Å². The second-order valence-corrected chi connectivity index (χ2v) is 4.86. The number of rotatable bonds is 6. The normalized spacial score (nSPS) is 13.8. The Morgan fingerprint density at radius 2 is 2.07 bits per heavy atom. The molecule has 0 saturated carbocycles. The molecule has 3 nitrogen and oxygen atoms in total. The summed E-state index contributed by atoms with van der Waals surface area (Å²) in [5.74, 6) is 0.588. The molecule has 0 aliphatic carbocycles. The molecule has 0 bridgehead atoms. The summed E-state index contributed by atoms with van der Waals surface area (Å²) in [5, 5.41) is 2.85. The van der Waals surface area contributed by atoms with E-state index in [4.69, 9.17) is 5.73 Å². The first-order chi connectivity index (χ1) is 6.35. The molecule has 3 N–H and O–H groups in total. The molecule has 0 aliphatic heterocycles. The molecule has 0 rings (SSSR count). The molecule has 0 radical (unpaired) electrons. The molecule has 0 heterocycles. The van der Waals surface area contributed by atoms with E-state index in [1.54, 1.807) is 0 Å². The van der Waals surface area contributed by atoms with Gasteiger partial charge in [0, 0.05) is 18.5 Å². The summed E-state index contributed by atoms with van der Waals surface area (Å²) in [7, 11) is 0. The highest BCUT2D eigenvalue weighted by Crippen LogP contribution is 2.09. The van der Waals surface area contributed by atoms with Crippen LogP contribution >= 0.6 is 0 Å². The first-order valence-electron chi connectivity index (χ1n) is 5.40. The third kappa shape index (κ3) is 8.05. The van der Waals surface area contributed by atoms with Crippen LogP contribution in [-0.4, -0.2) is 18.0 Å². The fourth-order valence-electron chi connectivity index (χ4n) is 1.31. The van der Waals surface area contributed by atoms with Crippen molar-refractivity contribution in [2.24, 2.45) is 11.7 Å². The molecule has 0 spiro atoms. The summed E-state index contributed by atoms with van der Waals surface area (Å²) in [6.45, 7) is 8.60. The molecule has 0 aromatic carbocycles. The average Bonchev–Trinajstić information content (AvgIpc) is 2.00. The summed E-state index contributed by atoms with van der Waals surface area (Å²) in [5.41, 5.74) is 5.44. The smallest absolute Gasteiger partial charge is 0.220 e. The van der Waals surface area contributed by atoms with Crippen LogP contribution in [0.15, 0.2) is 0 Å². The summed E-state index contributed by atoms with van der Waals surface area (Å²) < 4.78 is 0. The molecule has 0 aromatic rings. The lowest BCUT2D eigenvalue weighted by Gasteiger charge is -2.19. The minimum Gasteiger partial charge on any atom is -0.354 e. The van der Waals surface area contributed by atoms with Gasteiger partial charge in [0.2, 0.25) is 5.91 Å². The molecule has 14 heavy (non-hydrogen) atoms. The Kier molecular flexibility index (Phi) is 5.77. The predicted molar refractivity (Wildman–Crippen MR) is 60.0 cm³/mol. The lowest BCUT2D eigenvalue weighted by Crippen LogP contribution is -2.45. The summed E-state index contributed by atoms with van der Waals surface area (Å²) in [6, 6.07) is 0. The first kappa shape index (κ1) is 13.4. The van der Waals surface area contributed by atoms with Gasteiger partial charge in [-0.2, -0.15) is 0 Å². The van der Waals surface area contributed by atoms with Crippen LogP contribution < -0.4 is 11.1 Å². The Balaban J connectivity index is 3.65. The van der Waals surface area contributed by atoms with Crippen molar-refractivity contribution in [3.63, 3.8) is 0 Å². The van der Waals surface area contributed by atoms with E-state index < -0.39 is 0 Å². The lowest BCUT2D eigenvalue weighted by molar-refractivity contribution is -0.122. The van der Waals surface area contributed by atoms with E-state index in [9.17, 15) is 4.79 Å². The van der Waals surface area contributed by atoms with Crippen LogP contribution in [0.25, 0.3) is 0 Å². The molecule has 1 atom stereocenters. The Bertz CT molecular complexity index is 173. The van der Waals surface area contributed by atoms with E-state index in [1.807, 2.05) is 13.8 Å². The van der Waals surface area contributed by atoms with Gasteiger partial charge in [-0.15, -0.1) is 0 Å².